The summed E-state index contributed by atoms with van der Waals surface area (Å²) in [5.74, 6) is -0.0589. The van der Waals surface area contributed by atoms with Crippen molar-refractivity contribution in [3.05, 3.63) is 72.3 Å². The number of allylic oxidation sites excluding steroid dienone is 1. The summed E-state index contributed by atoms with van der Waals surface area (Å²) in [6, 6.07) is 16.8. The summed E-state index contributed by atoms with van der Waals surface area (Å²) in [6.45, 7) is 8.12. The van der Waals surface area contributed by atoms with E-state index in [1.165, 1.54) is 29.4 Å². The fourth-order valence-electron chi connectivity index (χ4n) is 4.26. The molecule has 3 rings (SSSR count). The van der Waals surface area contributed by atoms with Crippen LogP contribution in [-0.2, 0) is 9.53 Å². The van der Waals surface area contributed by atoms with Crippen LogP contribution < -0.4 is 0 Å². The summed E-state index contributed by atoms with van der Waals surface area (Å²) in [7, 11) is 1.48. The van der Waals surface area contributed by atoms with Crippen LogP contribution in [0, 0.1) is 11.3 Å². The fraction of sp³-hybridized carbons (Fsp3) is 0.318. The van der Waals surface area contributed by atoms with Crippen molar-refractivity contribution in [2.45, 2.75) is 26.2 Å². The third-order valence-corrected chi connectivity index (χ3v) is 5.43. The summed E-state index contributed by atoms with van der Waals surface area (Å²) in [4.78, 5) is 13.0. The smallest absolute Gasteiger partial charge is 0.313 e. The molecule has 1 aliphatic rings. The number of carbonyl (C=O) groups excluding carboxylic acids is 1. The molecule has 2 nitrogen and oxygen atoms in total. The van der Waals surface area contributed by atoms with Gasteiger partial charge in [0.25, 0.3) is 0 Å². The van der Waals surface area contributed by atoms with Gasteiger partial charge in [0.1, 0.15) is 0 Å². The molecule has 0 heterocycles. The number of methoxy groups -OCH3 is 1. The lowest BCUT2D eigenvalue weighted by Gasteiger charge is -2.40. The van der Waals surface area contributed by atoms with E-state index in [0.717, 1.165) is 0 Å². The van der Waals surface area contributed by atoms with E-state index in [0.29, 0.717) is 6.42 Å². The molecule has 0 amide bonds. The average Bonchev–Trinajstić information content (AvgIpc) is 2.94. The van der Waals surface area contributed by atoms with E-state index in [1.807, 2.05) is 18.2 Å². The molecule has 2 aromatic rings. The first kappa shape index (κ1) is 16.5. The van der Waals surface area contributed by atoms with Crippen LogP contribution in [0.4, 0.5) is 0 Å². The van der Waals surface area contributed by atoms with Gasteiger partial charge in [-0.3, -0.25) is 4.79 Å². The first-order valence-electron chi connectivity index (χ1n) is 8.45. The molecule has 24 heavy (non-hydrogen) atoms. The SMILES string of the molecule is C=CCC(C(=O)OC)(C(C)C)C1c2ccccc2-c2ccccc21. The third-order valence-electron chi connectivity index (χ3n) is 5.43. The van der Waals surface area contributed by atoms with Crippen LogP contribution in [0.3, 0.4) is 0 Å². The van der Waals surface area contributed by atoms with E-state index >= 15 is 0 Å². The average molecular weight is 320 g/mol. The Labute approximate surface area is 144 Å². The fourth-order valence-corrected chi connectivity index (χ4v) is 4.26. The minimum Gasteiger partial charge on any atom is -0.469 e. The second kappa shape index (κ2) is 6.27. The maximum atomic E-state index is 13.0. The number of fused-ring (bicyclic) bond motifs is 3. The van der Waals surface area contributed by atoms with Crippen LogP contribution in [0.25, 0.3) is 11.1 Å². The first-order valence-corrected chi connectivity index (χ1v) is 8.45. The van der Waals surface area contributed by atoms with E-state index in [-0.39, 0.29) is 17.8 Å². The topological polar surface area (TPSA) is 26.3 Å². The highest BCUT2D eigenvalue weighted by atomic mass is 16.5. The lowest BCUT2D eigenvalue weighted by Crippen LogP contribution is -2.42. The van der Waals surface area contributed by atoms with Crippen LogP contribution in [0.1, 0.15) is 37.3 Å². The summed E-state index contributed by atoms with van der Waals surface area (Å²) < 4.78 is 5.29. The molecule has 0 saturated heterocycles. The summed E-state index contributed by atoms with van der Waals surface area (Å²) in [6.07, 6.45) is 2.44. The number of hydrogen-bond donors (Lipinski definition) is 0. The lowest BCUT2D eigenvalue weighted by atomic mass is 9.62. The van der Waals surface area contributed by atoms with Crippen LogP contribution in [-0.4, -0.2) is 13.1 Å². The van der Waals surface area contributed by atoms with Gasteiger partial charge >= 0.3 is 5.97 Å². The van der Waals surface area contributed by atoms with Gasteiger partial charge in [0.2, 0.25) is 0 Å². The molecule has 0 aromatic heterocycles. The van der Waals surface area contributed by atoms with Gasteiger partial charge in [0.05, 0.1) is 12.5 Å². The Bertz CT molecular complexity index is 730. The molecule has 124 valence electrons. The second-order valence-corrected chi connectivity index (χ2v) is 6.79. The highest BCUT2D eigenvalue weighted by molar-refractivity contribution is 5.86. The highest BCUT2D eigenvalue weighted by Crippen LogP contribution is 2.57. The Morgan fingerprint density at radius 1 is 1.12 bits per heavy atom. The highest BCUT2D eigenvalue weighted by Gasteiger charge is 2.52. The predicted molar refractivity (Wildman–Crippen MR) is 97.8 cm³/mol. The Balaban J connectivity index is 2.32. The minimum atomic E-state index is -0.654. The van der Waals surface area contributed by atoms with Gasteiger partial charge in [-0.1, -0.05) is 68.5 Å². The molecule has 2 aromatic carbocycles. The lowest BCUT2D eigenvalue weighted by molar-refractivity contribution is -0.156. The molecular weight excluding hydrogens is 296 g/mol. The van der Waals surface area contributed by atoms with Crippen molar-refractivity contribution in [3.8, 4) is 11.1 Å². The molecule has 0 radical (unpaired) electrons. The summed E-state index contributed by atoms with van der Waals surface area (Å²) >= 11 is 0. The zero-order valence-electron chi connectivity index (χ0n) is 14.6. The summed E-state index contributed by atoms with van der Waals surface area (Å²) in [5.41, 5.74) is 4.20. The van der Waals surface area contributed by atoms with Crippen molar-refractivity contribution in [3.63, 3.8) is 0 Å². The number of benzene rings is 2. The Hall–Kier alpha value is -2.35. The largest absolute Gasteiger partial charge is 0.469 e. The number of carbonyl (C=O) groups is 1. The maximum absolute atomic E-state index is 13.0. The Morgan fingerprint density at radius 3 is 2.04 bits per heavy atom. The van der Waals surface area contributed by atoms with Crippen molar-refractivity contribution in [2.75, 3.05) is 7.11 Å². The van der Waals surface area contributed by atoms with Gasteiger partial charge in [-0.15, -0.1) is 6.58 Å². The molecule has 0 fully saturated rings. The molecule has 1 unspecified atom stereocenters. The van der Waals surface area contributed by atoms with Gasteiger partial charge in [-0.05, 0) is 34.6 Å². The maximum Gasteiger partial charge on any atom is 0.313 e. The molecule has 1 atom stereocenters. The second-order valence-electron chi connectivity index (χ2n) is 6.79. The van der Waals surface area contributed by atoms with Crippen molar-refractivity contribution >= 4 is 5.97 Å². The van der Waals surface area contributed by atoms with Gasteiger partial charge in [-0.2, -0.15) is 0 Å². The van der Waals surface area contributed by atoms with E-state index in [2.05, 4.69) is 56.8 Å². The van der Waals surface area contributed by atoms with E-state index in [4.69, 9.17) is 4.74 Å². The van der Waals surface area contributed by atoms with E-state index in [9.17, 15) is 4.79 Å². The van der Waals surface area contributed by atoms with E-state index in [1.54, 1.807) is 0 Å². The van der Waals surface area contributed by atoms with Crippen molar-refractivity contribution in [1.29, 1.82) is 0 Å². The van der Waals surface area contributed by atoms with Gasteiger partial charge in [0.15, 0.2) is 0 Å². The normalized spacial score (nSPS) is 15.5. The number of hydrogen-bond acceptors (Lipinski definition) is 2. The number of esters is 1. The predicted octanol–water partition coefficient (Wildman–Crippen LogP) is 5.19. The van der Waals surface area contributed by atoms with Crippen molar-refractivity contribution in [2.24, 2.45) is 11.3 Å². The van der Waals surface area contributed by atoms with Crippen molar-refractivity contribution in [1.82, 2.24) is 0 Å². The van der Waals surface area contributed by atoms with Gasteiger partial charge in [-0.25, -0.2) is 0 Å². The summed E-state index contributed by atoms with van der Waals surface area (Å²) in [5, 5.41) is 0. The van der Waals surface area contributed by atoms with Crippen LogP contribution in [0.2, 0.25) is 0 Å². The molecule has 2 heteroatoms. The number of ether oxygens (including phenoxy) is 1. The zero-order valence-corrected chi connectivity index (χ0v) is 14.6. The Kier molecular flexibility index (Phi) is 4.31. The molecule has 0 aliphatic heterocycles. The van der Waals surface area contributed by atoms with Crippen molar-refractivity contribution < 1.29 is 9.53 Å². The minimum absolute atomic E-state index is 0.0182. The zero-order chi connectivity index (χ0) is 17.3. The molecule has 0 saturated carbocycles. The monoisotopic (exact) mass is 320 g/mol. The third kappa shape index (κ3) is 2.21. The quantitative estimate of drug-likeness (QED) is 0.560. The van der Waals surface area contributed by atoms with Crippen LogP contribution in [0.5, 0.6) is 0 Å². The molecule has 0 bridgehead atoms. The molecule has 0 N–H and O–H groups in total. The van der Waals surface area contributed by atoms with E-state index < -0.39 is 5.41 Å². The van der Waals surface area contributed by atoms with Crippen LogP contribution >= 0.6 is 0 Å². The van der Waals surface area contributed by atoms with Gasteiger partial charge < -0.3 is 4.74 Å². The standard InChI is InChI=1S/C22H24O2/c1-5-14-22(15(2)3,21(23)24-4)20-18-12-8-6-10-16(18)17-11-7-9-13-19(17)20/h5-13,15,20H,1,14H2,2-4H3. The number of rotatable bonds is 5. The van der Waals surface area contributed by atoms with Gasteiger partial charge in [0, 0.05) is 5.92 Å². The molecule has 0 spiro atoms. The van der Waals surface area contributed by atoms with Crippen LogP contribution in [0.15, 0.2) is 61.2 Å². The first-order chi connectivity index (χ1) is 11.6. The Morgan fingerprint density at radius 2 is 1.62 bits per heavy atom. The molecular formula is C22H24O2. The molecule has 1 aliphatic carbocycles.